The first-order valence-corrected chi connectivity index (χ1v) is 10.4. The molecule has 146 valence electrons. The third-order valence-electron chi connectivity index (χ3n) is 5.00. The summed E-state index contributed by atoms with van der Waals surface area (Å²) in [6.07, 6.45) is 0. The van der Waals surface area contributed by atoms with Gasteiger partial charge >= 0.3 is 0 Å². The van der Waals surface area contributed by atoms with Crippen molar-refractivity contribution in [1.29, 1.82) is 0 Å². The minimum atomic E-state index is -0.241. The minimum absolute atomic E-state index is 0.00526. The SMILES string of the molecule is COc1ccc2cc([C@H](C)C(=O)NCc3nc(-c4ccccc4)cs3)ccc2c1. The van der Waals surface area contributed by atoms with Gasteiger partial charge in [-0.3, -0.25) is 4.79 Å². The maximum absolute atomic E-state index is 12.7. The predicted octanol–water partition coefficient (Wildman–Crippen LogP) is 5.39. The van der Waals surface area contributed by atoms with E-state index >= 15 is 0 Å². The molecular weight excluding hydrogens is 380 g/mol. The van der Waals surface area contributed by atoms with Crippen LogP contribution < -0.4 is 10.1 Å². The normalized spacial score (nSPS) is 11.9. The van der Waals surface area contributed by atoms with Gasteiger partial charge < -0.3 is 10.1 Å². The summed E-state index contributed by atoms with van der Waals surface area (Å²) in [4.78, 5) is 17.3. The molecule has 0 bridgehead atoms. The molecule has 1 amide bonds. The number of aromatic nitrogens is 1. The molecule has 0 fully saturated rings. The number of methoxy groups -OCH3 is 1. The zero-order valence-electron chi connectivity index (χ0n) is 16.4. The highest BCUT2D eigenvalue weighted by atomic mass is 32.1. The summed E-state index contributed by atoms with van der Waals surface area (Å²) in [5, 5.41) is 8.13. The van der Waals surface area contributed by atoms with E-state index in [1.807, 2.05) is 73.0 Å². The Bertz CT molecular complexity index is 1140. The second-order valence-corrected chi connectivity index (χ2v) is 7.85. The third-order valence-corrected chi connectivity index (χ3v) is 5.85. The highest BCUT2D eigenvalue weighted by Crippen LogP contribution is 2.26. The second-order valence-electron chi connectivity index (χ2n) is 6.90. The maximum atomic E-state index is 12.7. The maximum Gasteiger partial charge on any atom is 0.227 e. The van der Waals surface area contributed by atoms with E-state index in [-0.39, 0.29) is 11.8 Å². The van der Waals surface area contributed by atoms with E-state index in [4.69, 9.17) is 4.74 Å². The summed E-state index contributed by atoms with van der Waals surface area (Å²) < 4.78 is 5.27. The summed E-state index contributed by atoms with van der Waals surface area (Å²) in [5.74, 6) is 0.582. The van der Waals surface area contributed by atoms with Crippen molar-refractivity contribution in [3.8, 4) is 17.0 Å². The fourth-order valence-corrected chi connectivity index (χ4v) is 3.98. The zero-order valence-corrected chi connectivity index (χ0v) is 17.2. The van der Waals surface area contributed by atoms with Gasteiger partial charge in [0.15, 0.2) is 0 Å². The van der Waals surface area contributed by atoms with Crippen LogP contribution in [0, 0.1) is 0 Å². The van der Waals surface area contributed by atoms with Gasteiger partial charge in [0, 0.05) is 10.9 Å². The molecule has 3 aromatic carbocycles. The number of fused-ring (bicyclic) bond motifs is 1. The molecule has 29 heavy (non-hydrogen) atoms. The number of carbonyl (C=O) groups excluding carboxylic acids is 1. The highest BCUT2D eigenvalue weighted by Gasteiger charge is 2.16. The van der Waals surface area contributed by atoms with E-state index in [0.717, 1.165) is 38.4 Å². The smallest absolute Gasteiger partial charge is 0.227 e. The number of carbonyl (C=O) groups is 1. The summed E-state index contributed by atoms with van der Waals surface area (Å²) in [6, 6.07) is 22.1. The van der Waals surface area contributed by atoms with Gasteiger partial charge in [-0.1, -0.05) is 54.6 Å². The van der Waals surface area contributed by atoms with Gasteiger partial charge in [0.25, 0.3) is 0 Å². The molecule has 0 saturated heterocycles. The van der Waals surface area contributed by atoms with Gasteiger partial charge in [0.2, 0.25) is 5.91 Å². The molecule has 0 aliphatic carbocycles. The Kier molecular flexibility index (Phi) is 5.58. The lowest BCUT2D eigenvalue weighted by atomic mass is 9.97. The Balaban J connectivity index is 1.42. The molecule has 1 heterocycles. The number of rotatable bonds is 6. The van der Waals surface area contributed by atoms with E-state index in [2.05, 4.69) is 16.4 Å². The molecule has 0 spiro atoms. The number of amides is 1. The van der Waals surface area contributed by atoms with E-state index in [1.54, 1.807) is 18.4 Å². The molecule has 0 unspecified atom stereocenters. The number of hydrogen-bond acceptors (Lipinski definition) is 4. The molecule has 0 radical (unpaired) electrons. The van der Waals surface area contributed by atoms with Crippen molar-refractivity contribution in [2.75, 3.05) is 7.11 Å². The summed E-state index contributed by atoms with van der Waals surface area (Å²) in [7, 11) is 1.66. The van der Waals surface area contributed by atoms with Gasteiger partial charge in [-0.25, -0.2) is 4.98 Å². The molecule has 0 aliphatic rings. The van der Waals surface area contributed by atoms with Gasteiger partial charge in [-0.05, 0) is 35.4 Å². The van der Waals surface area contributed by atoms with Gasteiger partial charge in [0.05, 0.1) is 25.3 Å². The molecule has 0 saturated carbocycles. The lowest BCUT2D eigenvalue weighted by Crippen LogP contribution is -2.27. The molecule has 5 heteroatoms. The Hall–Kier alpha value is -3.18. The number of benzene rings is 3. The van der Waals surface area contributed by atoms with Crippen molar-refractivity contribution in [3.05, 3.63) is 82.7 Å². The van der Waals surface area contributed by atoms with Crippen LogP contribution in [0.3, 0.4) is 0 Å². The van der Waals surface area contributed by atoms with Crippen LogP contribution in [-0.4, -0.2) is 18.0 Å². The van der Waals surface area contributed by atoms with Crippen molar-refractivity contribution in [2.24, 2.45) is 0 Å². The average Bonchev–Trinajstić information content (AvgIpc) is 3.26. The standard InChI is InChI=1S/C24H22N2O2S/c1-16(18-8-9-20-13-21(28-2)11-10-19(20)12-18)24(27)25-14-23-26-22(15-29-23)17-6-4-3-5-7-17/h3-13,15-16H,14H2,1-2H3,(H,25,27)/t16-/m0/s1. The van der Waals surface area contributed by atoms with Crippen LogP contribution in [0.25, 0.3) is 22.0 Å². The Morgan fingerprint density at radius 3 is 2.62 bits per heavy atom. The first kappa shape index (κ1) is 19.2. The van der Waals surface area contributed by atoms with Crippen LogP contribution in [0.2, 0.25) is 0 Å². The van der Waals surface area contributed by atoms with E-state index in [9.17, 15) is 4.79 Å². The van der Waals surface area contributed by atoms with E-state index in [1.165, 1.54) is 0 Å². The quantitative estimate of drug-likeness (QED) is 0.470. The van der Waals surface area contributed by atoms with Gasteiger partial charge in [-0.15, -0.1) is 11.3 Å². The van der Waals surface area contributed by atoms with Crippen molar-refractivity contribution in [2.45, 2.75) is 19.4 Å². The number of ether oxygens (including phenoxy) is 1. The fraction of sp³-hybridized carbons (Fsp3) is 0.167. The van der Waals surface area contributed by atoms with Crippen LogP contribution in [0.1, 0.15) is 23.4 Å². The fourth-order valence-electron chi connectivity index (χ4n) is 3.24. The van der Waals surface area contributed by atoms with Crippen LogP contribution in [0.5, 0.6) is 5.75 Å². The summed E-state index contributed by atoms with van der Waals surface area (Å²) >= 11 is 1.56. The molecule has 1 aromatic heterocycles. The van der Waals surface area contributed by atoms with Gasteiger partial charge in [-0.2, -0.15) is 0 Å². The Morgan fingerprint density at radius 1 is 1.07 bits per heavy atom. The van der Waals surface area contributed by atoms with Crippen LogP contribution in [0.4, 0.5) is 0 Å². The van der Waals surface area contributed by atoms with Crippen molar-refractivity contribution < 1.29 is 9.53 Å². The van der Waals surface area contributed by atoms with Crippen molar-refractivity contribution in [3.63, 3.8) is 0 Å². The van der Waals surface area contributed by atoms with Crippen molar-refractivity contribution in [1.82, 2.24) is 10.3 Å². The zero-order chi connectivity index (χ0) is 20.2. The second kappa shape index (κ2) is 8.45. The lowest BCUT2D eigenvalue weighted by Gasteiger charge is -2.13. The number of nitrogens with one attached hydrogen (secondary N) is 1. The highest BCUT2D eigenvalue weighted by molar-refractivity contribution is 7.09. The topological polar surface area (TPSA) is 51.2 Å². The molecule has 1 N–H and O–H groups in total. The van der Waals surface area contributed by atoms with Crippen molar-refractivity contribution >= 4 is 28.0 Å². The van der Waals surface area contributed by atoms with E-state index < -0.39 is 0 Å². The number of nitrogens with zero attached hydrogens (tertiary/aromatic N) is 1. The summed E-state index contributed by atoms with van der Waals surface area (Å²) in [6.45, 7) is 2.36. The largest absolute Gasteiger partial charge is 0.497 e. The predicted molar refractivity (Wildman–Crippen MR) is 118 cm³/mol. The van der Waals surface area contributed by atoms with Gasteiger partial charge in [0.1, 0.15) is 10.8 Å². The third kappa shape index (κ3) is 4.30. The molecule has 4 rings (SSSR count). The molecular formula is C24H22N2O2S. The van der Waals surface area contributed by atoms with Crippen LogP contribution in [0.15, 0.2) is 72.1 Å². The molecule has 4 aromatic rings. The monoisotopic (exact) mass is 402 g/mol. The number of hydrogen-bond donors (Lipinski definition) is 1. The van der Waals surface area contributed by atoms with Crippen LogP contribution >= 0.6 is 11.3 Å². The Labute approximate surface area is 174 Å². The van der Waals surface area contributed by atoms with E-state index in [0.29, 0.717) is 6.54 Å². The molecule has 0 aliphatic heterocycles. The first-order chi connectivity index (χ1) is 14.1. The first-order valence-electron chi connectivity index (χ1n) is 9.49. The van der Waals surface area contributed by atoms with Crippen LogP contribution in [-0.2, 0) is 11.3 Å². The molecule has 4 nitrogen and oxygen atoms in total. The number of thiazole rings is 1. The average molecular weight is 403 g/mol. The summed E-state index contributed by atoms with van der Waals surface area (Å²) in [5.41, 5.74) is 3.02. The Morgan fingerprint density at radius 2 is 1.83 bits per heavy atom. The molecule has 1 atom stereocenters. The lowest BCUT2D eigenvalue weighted by molar-refractivity contribution is -0.122. The minimum Gasteiger partial charge on any atom is -0.497 e.